The lowest BCUT2D eigenvalue weighted by atomic mass is 10.1. The van der Waals surface area contributed by atoms with E-state index in [0.717, 1.165) is 12.8 Å². The Labute approximate surface area is 109 Å². The Hall–Kier alpha value is -1.06. The maximum atomic E-state index is 12.1. The molecule has 2 fully saturated rings. The summed E-state index contributed by atoms with van der Waals surface area (Å²) < 4.78 is 0. The molecule has 3 unspecified atom stereocenters. The first-order valence-electron chi connectivity index (χ1n) is 7.07. The number of hydrogen-bond donors (Lipinski definition) is 1. The van der Waals surface area contributed by atoms with Crippen LogP contribution in [0.15, 0.2) is 0 Å². The van der Waals surface area contributed by atoms with Gasteiger partial charge in [-0.3, -0.25) is 9.59 Å². The van der Waals surface area contributed by atoms with Crippen molar-refractivity contribution in [2.24, 2.45) is 11.8 Å². The number of rotatable bonds is 3. The molecule has 102 valence electrons. The summed E-state index contributed by atoms with van der Waals surface area (Å²) in [5, 5.41) is 3.11. The highest BCUT2D eigenvalue weighted by Crippen LogP contribution is 2.26. The monoisotopic (exact) mass is 252 g/mol. The van der Waals surface area contributed by atoms with Gasteiger partial charge < -0.3 is 10.2 Å². The lowest BCUT2D eigenvalue weighted by molar-refractivity contribution is -0.130. The summed E-state index contributed by atoms with van der Waals surface area (Å²) in [4.78, 5) is 25.7. The van der Waals surface area contributed by atoms with Crippen LogP contribution in [0.2, 0.25) is 0 Å². The molecule has 0 aromatic carbocycles. The van der Waals surface area contributed by atoms with Crippen molar-refractivity contribution in [2.45, 2.75) is 58.5 Å². The normalized spacial score (nSPS) is 32.3. The minimum atomic E-state index is -0.143. The van der Waals surface area contributed by atoms with Crippen molar-refractivity contribution in [3.8, 4) is 0 Å². The molecule has 0 bridgehead atoms. The van der Waals surface area contributed by atoms with Gasteiger partial charge >= 0.3 is 0 Å². The Morgan fingerprint density at radius 3 is 2.61 bits per heavy atom. The lowest BCUT2D eigenvalue weighted by Gasteiger charge is -2.21. The van der Waals surface area contributed by atoms with Crippen molar-refractivity contribution < 1.29 is 9.59 Å². The van der Waals surface area contributed by atoms with E-state index in [0.29, 0.717) is 24.9 Å². The summed E-state index contributed by atoms with van der Waals surface area (Å²) in [7, 11) is 0. The first-order chi connectivity index (χ1) is 8.47. The molecule has 0 aromatic rings. The van der Waals surface area contributed by atoms with Gasteiger partial charge in [0.15, 0.2) is 0 Å². The molecular formula is C14H24N2O2. The lowest BCUT2D eigenvalue weighted by Crippen LogP contribution is -2.39. The van der Waals surface area contributed by atoms with Crippen molar-refractivity contribution in [1.82, 2.24) is 10.2 Å². The standard InChI is InChI=1S/C14H24N2O2/c1-9(2)16-8-11(7-13(16)17)14(18)15-12-5-4-10(3)6-12/h9-12H,4-8H2,1-3H3,(H,15,18). The van der Waals surface area contributed by atoms with Gasteiger partial charge in [0.25, 0.3) is 0 Å². The summed E-state index contributed by atoms with van der Waals surface area (Å²) in [6.07, 6.45) is 3.75. The summed E-state index contributed by atoms with van der Waals surface area (Å²) >= 11 is 0. The van der Waals surface area contributed by atoms with Gasteiger partial charge in [-0.25, -0.2) is 0 Å². The van der Waals surface area contributed by atoms with Crippen LogP contribution in [0.4, 0.5) is 0 Å². The number of carbonyl (C=O) groups excluding carboxylic acids is 2. The first-order valence-corrected chi connectivity index (χ1v) is 7.07. The molecule has 2 aliphatic rings. The van der Waals surface area contributed by atoms with Crippen molar-refractivity contribution in [3.63, 3.8) is 0 Å². The maximum absolute atomic E-state index is 12.1. The van der Waals surface area contributed by atoms with Crippen molar-refractivity contribution in [3.05, 3.63) is 0 Å². The molecule has 3 atom stereocenters. The van der Waals surface area contributed by atoms with E-state index in [2.05, 4.69) is 12.2 Å². The smallest absolute Gasteiger partial charge is 0.225 e. The highest BCUT2D eigenvalue weighted by molar-refractivity contribution is 5.89. The number of hydrogen-bond acceptors (Lipinski definition) is 2. The molecule has 4 nitrogen and oxygen atoms in total. The van der Waals surface area contributed by atoms with Gasteiger partial charge in [0, 0.05) is 25.0 Å². The van der Waals surface area contributed by atoms with Crippen molar-refractivity contribution in [2.75, 3.05) is 6.54 Å². The quantitative estimate of drug-likeness (QED) is 0.828. The van der Waals surface area contributed by atoms with Crippen LogP contribution in [-0.4, -0.2) is 35.3 Å². The van der Waals surface area contributed by atoms with Gasteiger partial charge in [-0.05, 0) is 39.0 Å². The first kappa shape index (κ1) is 13.4. The second kappa shape index (κ2) is 5.29. The zero-order valence-electron chi connectivity index (χ0n) is 11.6. The van der Waals surface area contributed by atoms with Crippen LogP contribution in [0.5, 0.6) is 0 Å². The Morgan fingerprint density at radius 1 is 1.39 bits per heavy atom. The second-order valence-electron chi connectivity index (χ2n) is 6.16. The molecular weight excluding hydrogens is 228 g/mol. The highest BCUT2D eigenvalue weighted by atomic mass is 16.2. The topological polar surface area (TPSA) is 49.4 Å². The molecule has 0 aromatic heterocycles. The van der Waals surface area contributed by atoms with Gasteiger partial charge in [0.1, 0.15) is 0 Å². The molecule has 1 N–H and O–H groups in total. The third-order valence-electron chi connectivity index (χ3n) is 4.19. The third-order valence-corrected chi connectivity index (χ3v) is 4.19. The van der Waals surface area contributed by atoms with Gasteiger partial charge in [-0.2, -0.15) is 0 Å². The molecule has 0 radical (unpaired) electrons. The van der Waals surface area contributed by atoms with Gasteiger partial charge in [-0.15, -0.1) is 0 Å². The Balaban J connectivity index is 1.85. The van der Waals surface area contributed by atoms with Crippen LogP contribution in [0.25, 0.3) is 0 Å². The third kappa shape index (κ3) is 2.85. The van der Waals surface area contributed by atoms with E-state index in [-0.39, 0.29) is 23.8 Å². The average molecular weight is 252 g/mol. The van der Waals surface area contributed by atoms with E-state index in [1.165, 1.54) is 6.42 Å². The fraction of sp³-hybridized carbons (Fsp3) is 0.857. The number of amides is 2. The fourth-order valence-electron chi connectivity index (χ4n) is 3.06. The number of nitrogens with one attached hydrogen (secondary N) is 1. The van der Waals surface area contributed by atoms with Crippen LogP contribution in [0, 0.1) is 11.8 Å². The van der Waals surface area contributed by atoms with Gasteiger partial charge in [-0.1, -0.05) is 6.92 Å². The fourth-order valence-corrected chi connectivity index (χ4v) is 3.06. The molecule has 4 heteroatoms. The molecule has 1 aliphatic heterocycles. The molecule has 0 spiro atoms. The van der Waals surface area contributed by atoms with E-state index in [4.69, 9.17) is 0 Å². The summed E-state index contributed by atoms with van der Waals surface area (Å²) in [6, 6.07) is 0.525. The van der Waals surface area contributed by atoms with Crippen LogP contribution in [0.1, 0.15) is 46.5 Å². The zero-order valence-corrected chi connectivity index (χ0v) is 11.6. The van der Waals surface area contributed by atoms with E-state index in [1.807, 2.05) is 18.7 Å². The van der Waals surface area contributed by atoms with Crippen LogP contribution < -0.4 is 5.32 Å². The Morgan fingerprint density at radius 2 is 2.11 bits per heavy atom. The van der Waals surface area contributed by atoms with E-state index in [9.17, 15) is 9.59 Å². The van der Waals surface area contributed by atoms with Gasteiger partial charge in [0.2, 0.25) is 11.8 Å². The summed E-state index contributed by atoms with van der Waals surface area (Å²) in [5.74, 6) is 0.763. The number of nitrogens with zero attached hydrogens (tertiary/aromatic N) is 1. The van der Waals surface area contributed by atoms with Crippen LogP contribution in [-0.2, 0) is 9.59 Å². The largest absolute Gasteiger partial charge is 0.353 e. The Bertz CT molecular complexity index is 341. The molecule has 1 saturated heterocycles. The molecule has 1 heterocycles. The van der Waals surface area contributed by atoms with E-state index < -0.39 is 0 Å². The van der Waals surface area contributed by atoms with Crippen LogP contribution in [0.3, 0.4) is 0 Å². The molecule has 1 saturated carbocycles. The predicted molar refractivity (Wildman–Crippen MR) is 69.9 cm³/mol. The maximum Gasteiger partial charge on any atom is 0.225 e. The minimum absolute atomic E-state index is 0.0746. The minimum Gasteiger partial charge on any atom is -0.353 e. The van der Waals surface area contributed by atoms with Gasteiger partial charge in [0.05, 0.1) is 5.92 Å². The number of carbonyl (C=O) groups is 2. The predicted octanol–water partition coefficient (Wildman–Crippen LogP) is 1.55. The zero-order chi connectivity index (χ0) is 13.3. The van der Waals surface area contributed by atoms with Crippen LogP contribution >= 0.6 is 0 Å². The average Bonchev–Trinajstić information content (AvgIpc) is 2.85. The second-order valence-corrected chi connectivity index (χ2v) is 6.16. The highest BCUT2D eigenvalue weighted by Gasteiger charge is 2.36. The number of likely N-dealkylation sites (tertiary alicyclic amines) is 1. The van der Waals surface area contributed by atoms with Crippen molar-refractivity contribution in [1.29, 1.82) is 0 Å². The molecule has 18 heavy (non-hydrogen) atoms. The molecule has 2 rings (SSSR count). The summed E-state index contributed by atoms with van der Waals surface area (Å²) in [6.45, 7) is 6.81. The van der Waals surface area contributed by atoms with E-state index >= 15 is 0 Å². The Kier molecular flexibility index (Phi) is 3.93. The molecule has 2 amide bonds. The SMILES string of the molecule is CC1CCC(NC(=O)C2CC(=O)N(C(C)C)C2)C1. The van der Waals surface area contributed by atoms with E-state index in [1.54, 1.807) is 0 Å². The van der Waals surface area contributed by atoms with Crippen molar-refractivity contribution >= 4 is 11.8 Å². The summed E-state index contributed by atoms with van der Waals surface area (Å²) in [5.41, 5.74) is 0. The molecule has 1 aliphatic carbocycles.